The topological polar surface area (TPSA) is 83.6 Å². The van der Waals surface area contributed by atoms with E-state index in [9.17, 15) is 9.90 Å². The van der Waals surface area contributed by atoms with Crippen molar-refractivity contribution in [1.29, 1.82) is 0 Å². The average Bonchev–Trinajstić information content (AvgIpc) is 2.23. The van der Waals surface area contributed by atoms with Crippen LogP contribution >= 0.6 is 15.9 Å². The zero-order valence-electron chi connectivity index (χ0n) is 9.83. The molecule has 0 aliphatic carbocycles. The maximum absolute atomic E-state index is 10.5. The second-order valence-corrected chi connectivity index (χ2v) is 4.96. The quantitative estimate of drug-likeness (QED) is 0.798. The van der Waals surface area contributed by atoms with Crippen LogP contribution in [0, 0.1) is 13.8 Å². The molecule has 0 aliphatic heterocycles. The van der Waals surface area contributed by atoms with Crippen molar-refractivity contribution in [2.75, 3.05) is 0 Å². The van der Waals surface area contributed by atoms with Crippen LogP contribution in [0.4, 0.5) is 0 Å². The number of aliphatic carboxylic acids is 1. The second-order valence-electron chi connectivity index (χ2n) is 4.10. The van der Waals surface area contributed by atoms with Gasteiger partial charge in [0.05, 0.1) is 0 Å². The molecule has 4 nitrogen and oxygen atoms in total. The molecule has 0 saturated heterocycles. The SMILES string of the molecule is Cc1cc(Br)c(C(N)CCC(=O)O)c(C)c1O. The normalized spacial score (nSPS) is 12.5. The van der Waals surface area contributed by atoms with E-state index in [-0.39, 0.29) is 12.2 Å². The molecule has 17 heavy (non-hydrogen) atoms. The van der Waals surface area contributed by atoms with E-state index in [1.807, 2.05) is 0 Å². The number of carboxylic acid groups (broad SMARTS) is 1. The third-order valence-corrected chi connectivity index (χ3v) is 3.43. The Kier molecular flexibility index (Phi) is 4.54. The molecule has 0 amide bonds. The number of phenolic OH excluding ortho intramolecular Hbond substituents is 1. The van der Waals surface area contributed by atoms with Crippen molar-refractivity contribution < 1.29 is 15.0 Å². The summed E-state index contributed by atoms with van der Waals surface area (Å²) in [5, 5.41) is 18.5. The van der Waals surface area contributed by atoms with E-state index in [0.29, 0.717) is 12.0 Å². The van der Waals surface area contributed by atoms with Crippen LogP contribution in [0.5, 0.6) is 5.75 Å². The lowest BCUT2D eigenvalue weighted by molar-refractivity contribution is -0.137. The van der Waals surface area contributed by atoms with Crippen LogP contribution in [0.15, 0.2) is 10.5 Å². The smallest absolute Gasteiger partial charge is 0.303 e. The number of aryl methyl sites for hydroxylation is 1. The lowest BCUT2D eigenvalue weighted by atomic mass is 9.95. The predicted molar refractivity (Wildman–Crippen MR) is 69.1 cm³/mol. The molecule has 5 heteroatoms. The molecule has 4 N–H and O–H groups in total. The number of halogens is 1. The van der Waals surface area contributed by atoms with E-state index in [1.165, 1.54) is 0 Å². The Bertz CT molecular complexity index is 446. The van der Waals surface area contributed by atoms with Crippen LogP contribution in [-0.4, -0.2) is 16.2 Å². The van der Waals surface area contributed by atoms with Crippen LogP contribution in [0.2, 0.25) is 0 Å². The molecule has 0 bridgehead atoms. The van der Waals surface area contributed by atoms with Gasteiger partial charge in [0, 0.05) is 16.9 Å². The third-order valence-electron chi connectivity index (χ3n) is 2.77. The summed E-state index contributed by atoms with van der Waals surface area (Å²) >= 11 is 3.40. The Labute approximate surface area is 109 Å². The maximum Gasteiger partial charge on any atom is 0.303 e. The van der Waals surface area contributed by atoms with E-state index in [1.54, 1.807) is 19.9 Å². The van der Waals surface area contributed by atoms with E-state index in [0.717, 1.165) is 15.6 Å². The minimum absolute atomic E-state index is 0.0156. The number of phenols is 1. The van der Waals surface area contributed by atoms with Crippen LogP contribution in [-0.2, 0) is 4.79 Å². The molecule has 94 valence electrons. The van der Waals surface area contributed by atoms with Gasteiger partial charge in [-0.15, -0.1) is 0 Å². The number of benzene rings is 1. The van der Waals surface area contributed by atoms with Gasteiger partial charge in [-0.3, -0.25) is 4.79 Å². The number of carbonyl (C=O) groups is 1. The molecule has 0 aliphatic rings. The van der Waals surface area contributed by atoms with E-state index >= 15 is 0 Å². The molecule has 0 heterocycles. The first-order chi connectivity index (χ1) is 7.84. The Hall–Kier alpha value is -1.07. The molecule has 0 aromatic heterocycles. The molecule has 1 unspecified atom stereocenters. The van der Waals surface area contributed by atoms with Crippen LogP contribution < -0.4 is 5.73 Å². The fraction of sp³-hybridized carbons (Fsp3) is 0.417. The summed E-state index contributed by atoms with van der Waals surface area (Å²) in [5.41, 5.74) is 8.20. The highest BCUT2D eigenvalue weighted by Crippen LogP contribution is 2.35. The number of nitrogens with two attached hydrogens (primary N) is 1. The Morgan fingerprint density at radius 3 is 2.65 bits per heavy atom. The van der Waals surface area contributed by atoms with E-state index in [4.69, 9.17) is 10.8 Å². The van der Waals surface area contributed by atoms with Crippen molar-refractivity contribution in [3.63, 3.8) is 0 Å². The Balaban J connectivity index is 3.05. The van der Waals surface area contributed by atoms with E-state index in [2.05, 4.69) is 15.9 Å². The second kappa shape index (κ2) is 5.51. The standard InChI is InChI=1S/C12H16BrNO3/c1-6-5-8(13)11(7(2)12(6)17)9(14)3-4-10(15)16/h5,9,17H,3-4,14H2,1-2H3,(H,15,16). The summed E-state index contributed by atoms with van der Waals surface area (Å²) in [4.78, 5) is 10.5. The summed E-state index contributed by atoms with van der Waals surface area (Å²) in [6.45, 7) is 3.59. The first-order valence-electron chi connectivity index (χ1n) is 5.30. The fourth-order valence-corrected chi connectivity index (χ4v) is 2.75. The average molecular weight is 302 g/mol. The Morgan fingerprint density at radius 2 is 2.12 bits per heavy atom. The van der Waals surface area contributed by atoms with Crippen LogP contribution in [0.3, 0.4) is 0 Å². The minimum Gasteiger partial charge on any atom is -0.507 e. The number of hydrogen-bond donors (Lipinski definition) is 3. The van der Waals surface area contributed by atoms with Crippen molar-refractivity contribution in [2.24, 2.45) is 5.73 Å². The molecule has 1 aromatic carbocycles. The van der Waals surface area contributed by atoms with Crippen molar-refractivity contribution in [2.45, 2.75) is 32.7 Å². The van der Waals surface area contributed by atoms with Gasteiger partial charge < -0.3 is 15.9 Å². The monoisotopic (exact) mass is 301 g/mol. The summed E-state index contributed by atoms with van der Waals surface area (Å²) in [5.74, 6) is -0.653. The number of carboxylic acids is 1. The molecule has 0 radical (unpaired) electrons. The van der Waals surface area contributed by atoms with Gasteiger partial charge in [0.1, 0.15) is 5.75 Å². The molecular weight excluding hydrogens is 286 g/mol. The number of rotatable bonds is 4. The van der Waals surface area contributed by atoms with Crippen molar-refractivity contribution in [3.05, 3.63) is 27.2 Å². The maximum atomic E-state index is 10.5. The van der Waals surface area contributed by atoms with Gasteiger partial charge >= 0.3 is 5.97 Å². The summed E-state index contributed by atoms with van der Waals surface area (Å²) in [7, 11) is 0. The Morgan fingerprint density at radius 1 is 1.53 bits per heavy atom. The van der Waals surface area contributed by atoms with Gasteiger partial charge in [0.15, 0.2) is 0 Å². The van der Waals surface area contributed by atoms with Crippen LogP contribution in [0.25, 0.3) is 0 Å². The first-order valence-corrected chi connectivity index (χ1v) is 6.09. The van der Waals surface area contributed by atoms with Gasteiger partial charge in [-0.1, -0.05) is 15.9 Å². The largest absolute Gasteiger partial charge is 0.507 e. The van der Waals surface area contributed by atoms with Gasteiger partial charge in [-0.2, -0.15) is 0 Å². The zero-order chi connectivity index (χ0) is 13.2. The van der Waals surface area contributed by atoms with Crippen molar-refractivity contribution in [1.82, 2.24) is 0 Å². The highest BCUT2D eigenvalue weighted by Gasteiger charge is 2.17. The summed E-state index contributed by atoms with van der Waals surface area (Å²) in [6, 6.07) is 1.39. The molecular formula is C12H16BrNO3. The highest BCUT2D eigenvalue weighted by molar-refractivity contribution is 9.10. The molecule has 0 spiro atoms. The fourth-order valence-electron chi connectivity index (χ4n) is 1.82. The predicted octanol–water partition coefficient (Wildman–Crippen LogP) is 2.64. The summed E-state index contributed by atoms with van der Waals surface area (Å²) in [6.07, 6.45) is 0.360. The molecule has 1 rings (SSSR count). The highest BCUT2D eigenvalue weighted by atomic mass is 79.9. The zero-order valence-corrected chi connectivity index (χ0v) is 11.4. The van der Waals surface area contributed by atoms with Gasteiger partial charge in [0.25, 0.3) is 0 Å². The third kappa shape index (κ3) is 3.20. The summed E-state index contributed by atoms with van der Waals surface area (Å²) < 4.78 is 0.809. The van der Waals surface area contributed by atoms with Crippen LogP contribution in [0.1, 0.15) is 35.6 Å². The van der Waals surface area contributed by atoms with Crippen molar-refractivity contribution in [3.8, 4) is 5.75 Å². The molecule has 0 fully saturated rings. The molecule has 0 saturated carbocycles. The van der Waals surface area contributed by atoms with Gasteiger partial charge in [-0.05, 0) is 43.0 Å². The van der Waals surface area contributed by atoms with E-state index < -0.39 is 12.0 Å². The van der Waals surface area contributed by atoms with Gasteiger partial charge in [-0.25, -0.2) is 0 Å². The number of hydrogen-bond acceptors (Lipinski definition) is 3. The lowest BCUT2D eigenvalue weighted by Gasteiger charge is -2.18. The van der Waals surface area contributed by atoms with Crippen molar-refractivity contribution >= 4 is 21.9 Å². The lowest BCUT2D eigenvalue weighted by Crippen LogP contribution is -2.14. The van der Waals surface area contributed by atoms with Gasteiger partial charge in [0.2, 0.25) is 0 Å². The number of aromatic hydroxyl groups is 1. The molecule has 1 atom stereocenters. The molecule has 1 aromatic rings. The minimum atomic E-state index is -0.870. The first kappa shape index (κ1) is 14.0.